The Labute approximate surface area is 120 Å². The number of carbonyl (C=O) groups is 1. The molecule has 1 aliphatic rings. The van der Waals surface area contributed by atoms with E-state index in [1.54, 1.807) is 11.8 Å². The summed E-state index contributed by atoms with van der Waals surface area (Å²) in [6.45, 7) is 3.62. The second kappa shape index (κ2) is 10.9. The third-order valence-electron chi connectivity index (χ3n) is 2.91. The van der Waals surface area contributed by atoms with Gasteiger partial charge in [0.25, 0.3) is 0 Å². The van der Waals surface area contributed by atoms with Crippen LogP contribution in [0.25, 0.3) is 0 Å². The van der Waals surface area contributed by atoms with Crippen molar-refractivity contribution in [2.75, 3.05) is 31.7 Å². The maximum Gasteiger partial charge on any atom is 0.230 e. The Balaban J connectivity index is 0.00000289. The lowest BCUT2D eigenvalue weighted by Crippen LogP contribution is -2.38. The van der Waals surface area contributed by atoms with E-state index in [4.69, 9.17) is 4.74 Å². The molecule has 1 fully saturated rings. The van der Waals surface area contributed by atoms with Crippen LogP contribution in [0.5, 0.6) is 0 Å². The molecule has 18 heavy (non-hydrogen) atoms. The van der Waals surface area contributed by atoms with Gasteiger partial charge in [-0.2, -0.15) is 0 Å². The van der Waals surface area contributed by atoms with Crippen LogP contribution >= 0.6 is 24.2 Å². The maximum atomic E-state index is 11.5. The lowest BCUT2D eigenvalue weighted by molar-refractivity contribution is -0.118. The van der Waals surface area contributed by atoms with Crippen LogP contribution in [0.4, 0.5) is 0 Å². The fraction of sp³-hybridized carbons (Fsp3) is 0.917. The summed E-state index contributed by atoms with van der Waals surface area (Å²) in [6.07, 6.45) is 3.95. The molecule has 0 spiro atoms. The van der Waals surface area contributed by atoms with Gasteiger partial charge in [-0.05, 0) is 33.2 Å². The lowest BCUT2D eigenvalue weighted by atomic mass is 10.1. The first-order valence-corrected chi connectivity index (χ1v) is 7.51. The zero-order valence-corrected chi connectivity index (χ0v) is 12.9. The standard InChI is InChI=1S/C12H24N2O2S.ClH/c1-10(13-2)7-14-12(15)9-17-8-11-5-3-4-6-16-11;/h10-11,13H,3-9H2,1-2H3,(H,14,15);1H. The summed E-state index contributed by atoms with van der Waals surface area (Å²) in [7, 11) is 1.89. The van der Waals surface area contributed by atoms with Crippen molar-refractivity contribution in [1.82, 2.24) is 10.6 Å². The van der Waals surface area contributed by atoms with Crippen molar-refractivity contribution < 1.29 is 9.53 Å². The number of nitrogens with one attached hydrogen (secondary N) is 2. The number of amides is 1. The molecular formula is C12H25ClN2O2S. The highest BCUT2D eigenvalue weighted by atomic mass is 35.5. The SMILES string of the molecule is CNC(C)CNC(=O)CSCC1CCCCO1.Cl. The number of hydrogen-bond donors (Lipinski definition) is 2. The third kappa shape index (κ3) is 8.19. The zero-order chi connectivity index (χ0) is 12.5. The molecule has 0 saturated carbocycles. The molecule has 1 rings (SSSR count). The summed E-state index contributed by atoms with van der Waals surface area (Å²) in [5.74, 6) is 1.60. The fourth-order valence-corrected chi connectivity index (χ4v) is 2.57. The molecule has 1 saturated heterocycles. The molecule has 0 aromatic heterocycles. The Hall–Kier alpha value is 0.0300. The molecule has 2 unspecified atom stereocenters. The van der Waals surface area contributed by atoms with Crippen LogP contribution in [0.3, 0.4) is 0 Å². The van der Waals surface area contributed by atoms with Crippen molar-refractivity contribution in [1.29, 1.82) is 0 Å². The van der Waals surface area contributed by atoms with Crippen LogP contribution < -0.4 is 10.6 Å². The first-order valence-electron chi connectivity index (χ1n) is 6.35. The van der Waals surface area contributed by atoms with Gasteiger partial charge >= 0.3 is 0 Å². The minimum atomic E-state index is 0. The largest absolute Gasteiger partial charge is 0.377 e. The zero-order valence-electron chi connectivity index (χ0n) is 11.2. The second-order valence-electron chi connectivity index (χ2n) is 4.50. The molecule has 0 aromatic rings. The smallest absolute Gasteiger partial charge is 0.230 e. The number of thioether (sulfide) groups is 1. The second-order valence-corrected chi connectivity index (χ2v) is 5.53. The van der Waals surface area contributed by atoms with Gasteiger partial charge in [0.1, 0.15) is 0 Å². The van der Waals surface area contributed by atoms with Gasteiger partial charge in [-0.1, -0.05) is 0 Å². The van der Waals surface area contributed by atoms with Crippen molar-refractivity contribution in [3.05, 3.63) is 0 Å². The Morgan fingerprint density at radius 1 is 1.50 bits per heavy atom. The van der Waals surface area contributed by atoms with Crippen LogP contribution in [0.1, 0.15) is 26.2 Å². The quantitative estimate of drug-likeness (QED) is 0.746. The first-order chi connectivity index (χ1) is 8.22. The highest BCUT2D eigenvalue weighted by Crippen LogP contribution is 2.16. The fourth-order valence-electron chi connectivity index (χ4n) is 1.64. The van der Waals surface area contributed by atoms with Crippen LogP contribution in [-0.2, 0) is 9.53 Å². The van der Waals surface area contributed by atoms with E-state index in [0.717, 1.165) is 18.8 Å². The Bertz CT molecular complexity index is 226. The maximum absolute atomic E-state index is 11.5. The Morgan fingerprint density at radius 3 is 2.89 bits per heavy atom. The van der Waals surface area contributed by atoms with Crippen LogP contribution in [-0.4, -0.2) is 49.8 Å². The van der Waals surface area contributed by atoms with Crippen LogP contribution in [0.15, 0.2) is 0 Å². The molecule has 0 aliphatic carbocycles. The van der Waals surface area contributed by atoms with Crippen LogP contribution in [0.2, 0.25) is 0 Å². The Morgan fingerprint density at radius 2 is 2.28 bits per heavy atom. The topological polar surface area (TPSA) is 50.4 Å². The van der Waals surface area contributed by atoms with Gasteiger partial charge in [0.15, 0.2) is 0 Å². The minimum absolute atomic E-state index is 0. The summed E-state index contributed by atoms with van der Waals surface area (Å²) in [5.41, 5.74) is 0. The van der Waals surface area contributed by atoms with E-state index >= 15 is 0 Å². The molecule has 1 heterocycles. The highest BCUT2D eigenvalue weighted by molar-refractivity contribution is 7.99. The van der Waals surface area contributed by atoms with Gasteiger partial charge < -0.3 is 15.4 Å². The lowest BCUT2D eigenvalue weighted by Gasteiger charge is -2.22. The molecule has 0 radical (unpaired) electrons. The number of likely N-dealkylation sites (N-methyl/N-ethyl adjacent to an activating group) is 1. The summed E-state index contributed by atoms with van der Waals surface area (Å²) in [5, 5.41) is 5.99. The average Bonchev–Trinajstić information content (AvgIpc) is 2.37. The number of carbonyl (C=O) groups excluding carboxylic acids is 1. The summed E-state index contributed by atoms with van der Waals surface area (Å²) >= 11 is 1.67. The normalized spacial score (nSPS) is 20.9. The van der Waals surface area contributed by atoms with E-state index in [2.05, 4.69) is 10.6 Å². The molecule has 1 amide bonds. The van der Waals surface area contributed by atoms with E-state index in [9.17, 15) is 4.79 Å². The molecule has 108 valence electrons. The molecular weight excluding hydrogens is 272 g/mol. The van der Waals surface area contributed by atoms with Gasteiger partial charge in [0.2, 0.25) is 5.91 Å². The van der Waals surface area contributed by atoms with Gasteiger partial charge in [-0.25, -0.2) is 0 Å². The van der Waals surface area contributed by atoms with E-state index in [0.29, 0.717) is 24.4 Å². The number of hydrogen-bond acceptors (Lipinski definition) is 4. The monoisotopic (exact) mass is 296 g/mol. The number of ether oxygens (including phenoxy) is 1. The van der Waals surface area contributed by atoms with Crippen molar-refractivity contribution in [3.63, 3.8) is 0 Å². The van der Waals surface area contributed by atoms with Gasteiger partial charge in [0, 0.05) is 24.9 Å². The highest BCUT2D eigenvalue weighted by Gasteiger charge is 2.14. The summed E-state index contributed by atoms with van der Waals surface area (Å²) in [6, 6.07) is 0.325. The van der Waals surface area contributed by atoms with E-state index in [1.165, 1.54) is 12.8 Å². The summed E-state index contributed by atoms with van der Waals surface area (Å²) in [4.78, 5) is 11.5. The molecule has 4 nitrogen and oxygen atoms in total. The number of halogens is 1. The van der Waals surface area contributed by atoms with Crippen molar-refractivity contribution in [2.45, 2.75) is 38.3 Å². The predicted molar refractivity (Wildman–Crippen MR) is 79.7 cm³/mol. The average molecular weight is 297 g/mol. The number of rotatable bonds is 7. The molecule has 0 bridgehead atoms. The van der Waals surface area contributed by atoms with Crippen molar-refractivity contribution in [2.24, 2.45) is 0 Å². The van der Waals surface area contributed by atoms with E-state index in [-0.39, 0.29) is 18.3 Å². The molecule has 0 aromatic carbocycles. The van der Waals surface area contributed by atoms with E-state index in [1.807, 2.05) is 14.0 Å². The summed E-state index contributed by atoms with van der Waals surface area (Å²) < 4.78 is 5.61. The first kappa shape index (κ1) is 18.0. The van der Waals surface area contributed by atoms with Crippen molar-refractivity contribution >= 4 is 30.1 Å². The third-order valence-corrected chi connectivity index (χ3v) is 3.98. The molecule has 2 atom stereocenters. The molecule has 2 N–H and O–H groups in total. The predicted octanol–water partition coefficient (Wildman–Crippen LogP) is 1.43. The van der Waals surface area contributed by atoms with Gasteiger partial charge in [-0.3, -0.25) is 4.79 Å². The molecule has 6 heteroatoms. The molecule has 1 aliphatic heterocycles. The van der Waals surface area contributed by atoms with E-state index < -0.39 is 0 Å². The van der Waals surface area contributed by atoms with Gasteiger partial charge in [0.05, 0.1) is 11.9 Å². The minimum Gasteiger partial charge on any atom is -0.377 e. The van der Waals surface area contributed by atoms with Crippen molar-refractivity contribution in [3.8, 4) is 0 Å². The Kier molecular flexibility index (Phi) is 10.9. The van der Waals surface area contributed by atoms with Gasteiger partial charge in [-0.15, -0.1) is 24.2 Å². The van der Waals surface area contributed by atoms with Crippen LogP contribution in [0, 0.1) is 0 Å².